The average molecular weight is 513 g/mol. The zero-order chi connectivity index (χ0) is 25.8. The number of nitrogens with two attached hydrogens (primary N) is 1. The number of aromatic nitrogens is 3. The van der Waals surface area contributed by atoms with Gasteiger partial charge in [0.25, 0.3) is 11.7 Å². The first-order valence-corrected chi connectivity index (χ1v) is 11.6. The van der Waals surface area contributed by atoms with Gasteiger partial charge in [0.05, 0.1) is 23.6 Å². The van der Waals surface area contributed by atoms with Gasteiger partial charge >= 0.3 is 6.18 Å². The predicted molar refractivity (Wildman–Crippen MR) is 121 cm³/mol. The second-order valence-corrected chi connectivity index (χ2v) is 7.98. The summed E-state index contributed by atoms with van der Waals surface area (Å²) < 4.78 is 47.1. The molecule has 0 saturated heterocycles. The van der Waals surface area contributed by atoms with E-state index in [1.807, 2.05) is 0 Å². The molecule has 3 rings (SSSR count). The maximum atomic E-state index is 13.3. The fourth-order valence-electron chi connectivity index (χ4n) is 3.62. The topological polar surface area (TPSA) is 119 Å². The van der Waals surface area contributed by atoms with E-state index in [0.29, 0.717) is 16.4 Å². The van der Waals surface area contributed by atoms with Gasteiger partial charge in [-0.05, 0) is 30.4 Å². The van der Waals surface area contributed by atoms with E-state index in [-0.39, 0.29) is 48.7 Å². The molecule has 35 heavy (non-hydrogen) atoms. The van der Waals surface area contributed by atoms with Crippen molar-refractivity contribution >= 4 is 34.5 Å². The number of hydrogen-bond donors (Lipinski definition) is 1. The van der Waals surface area contributed by atoms with Crippen molar-refractivity contribution in [3.63, 3.8) is 0 Å². The van der Waals surface area contributed by atoms with Gasteiger partial charge in [-0.1, -0.05) is 30.8 Å². The monoisotopic (exact) mass is 512 g/mol. The molecular weight excluding hydrogens is 489 g/mol. The minimum absolute atomic E-state index is 0.00174. The van der Waals surface area contributed by atoms with Gasteiger partial charge in [0.2, 0.25) is 5.88 Å². The fourth-order valence-corrected chi connectivity index (χ4v) is 3.97. The number of ketones is 1. The van der Waals surface area contributed by atoms with Crippen LogP contribution in [0.5, 0.6) is 5.88 Å². The van der Waals surface area contributed by atoms with Crippen molar-refractivity contribution in [2.24, 2.45) is 5.73 Å². The van der Waals surface area contributed by atoms with Crippen LogP contribution in [-0.2, 0) is 33.7 Å². The summed E-state index contributed by atoms with van der Waals surface area (Å²) in [6.07, 6.45) is -2.53. The number of carbonyl (C=O) groups excluding carboxylic acids is 2. The number of amides is 1. The summed E-state index contributed by atoms with van der Waals surface area (Å²) >= 11 is 1.20. The molecule has 0 unspecified atom stereocenters. The van der Waals surface area contributed by atoms with Crippen LogP contribution in [-0.4, -0.2) is 52.8 Å². The average Bonchev–Trinajstić information content (AvgIpc) is 3.13. The third kappa shape index (κ3) is 5.74. The lowest BCUT2D eigenvalue weighted by Crippen LogP contribution is -2.24. The zero-order valence-electron chi connectivity index (χ0n) is 19.1. The van der Waals surface area contributed by atoms with E-state index in [0.717, 1.165) is 12.1 Å². The molecule has 0 radical (unpaired) electrons. The number of thioether (sulfide) groups is 1. The number of halogens is 3. The van der Waals surface area contributed by atoms with Crippen LogP contribution >= 0.6 is 11.8 Å². The molecule has 0 bridgehead atoms. The second-order valence-electron chi connectivity index (χ2n) is 7.20. The van der Waals surface area contributed by atoms with E-state index >= 15 is 0 Å². The number of carbonyl (C=O) groups is 2. The number of nitrogens with zero attached hydrogens (tertiary/aromatic N) is 3. The largest absolute Gasteiger partial charge is 0.474 e. The first-order valence-electron chi connectivity index (χ1n) is 10.4. The maximum Gasteiger partial charge on any atom is 0.416 e. The zero-order valence-corrected chi connectivity index (χ0v) is 20.0. The Morgan fingerprint density at radius 2 is 1.94 bits per heavy atom. The summed E-state index contributed by atoms with van der Waals surface area (Å²) in [6, 6.07) is 4.84. The van der Waals surface area contributed by atoms with E-state index in [1.165, 1.54) is 31.0 Å². The van der Waals surface area contributed by atoms with Gasteiger partial charge in [-0.25, -0.2) is 14.8 Å². The van der Waals surface area contributed by atoms with Gasteiger partial charge in [-0.15, -0.1) is 0 Å². The smallest absolute Gasteiger partial charge is 0.416 e. The summed E-state index contributed by atoms with van der Waals surface area (Å²) in [4.78, 5) is 42.9. The van der Waals surface area contributed by atoms with E-state index in [9.17, 15) is 22.8 Å². The van der Waals surface area contributed by atoms with Gasteiger partial charge in [0.15, 0.2) is 5.16 Å². The van der Waals surface area contributed by atoms with Gasteiger partial charge in [0.1, 0.15) is 18.9 Å². The Bertz CT molecular complexity index is 1250. The molecule has 1 aromatic carbocycles. The molecule has 3 aromatic rings. The predicted octanol–water partition coefficient (Wildman–Crippen LogP) is 3.41. The number of benzene rings is 1. The lowest BCUT2D eigenvalue weighted by molar-refractivity contribution is -0.275. The molecule has 13 heteroatoms. The third-order valence-electron chi connectivity index (χ3n) is 5.04. The van der Waals surface area contributed by atoms with Crippen LogP contribution < -0.4 is 10.5 Å². The minimum Gasteiger partial charge on any atom is -0.474 e. The van der Waals surface area contributed by atoms with Crippen LogP contribution in [0.15, 0.2) is 29.4 Å². The van der Waals surface area contributed by atoms with Crippen molar-refractivity contribution in [3.8, 4) is 5.88 Å². The Hall–Kier alpha value is -3.16. The Labute approximate surface area is 202 Å². The summed E-state index contributed by atoms with van der Waals surface area (Å²) in [7, 11) is 1.33. The SMILES string of the molecule is CCc1c(C(=O)C(N)=O)c2c(OCCOOC)nc(SC)nc2n1Cc1cccc(C(F)(F)F)c1. The molecule has 0 spiro atoms. The second kappa shape index (κ2) is 11.1. The van der Waals surface area contributed by atoms with Crippen LogP contribution in [0.1, 0.15) is 34.1 Å². The van der Waals surface area contributed by atoms with E-state index < -0.39 is 23.4 Å². The molecule has 2 N–H and O–H groups in total. The maximum absolute atomic E-state index is 13.3. The molecule has 188 valence electrons. The van der Waals surface area contributed by atoms with E-state index in [2.05, 4.69) is 14.9 Å². The first-order chi connectivity index (χ1) is 16.6. The highest BCUT2D eigenvalue weighted by Gasteiger charge is 2.32. The number of hydrogen-bond acceptors (Lipinski definition) is 8. The molecule has 9 nitrogen and oxygen atoms in total. The molecule has 0 aliphatic rings. The summed E-state index contributed by atoms with van der Waals surface area (Å²) in [5.41, 5.74) is 5.38. The van der Waals surface area contributed by atoms with Gasteiger partial charge in [-0.2, -0.15) is 18.2 Å². The summed E-state index contributed by atoms with van der Waals surface area (Å²) in [6.45, 7) is 1.73. The highest BCUT2D eigenvalue weighted by molar-refractivity contribution is 7.98. The number of alkyl halides is 3. The Kier molecular flexibility index (Phi) is 8.35. The minimum atomic E-state index is -4.52. The third-order valence-corrected chi connectivity index (χ3v) is 5.59. The van der Waals surface area contributed by atoms with Gasteiger partial charge < -0.3 is 15.0 Å². The van der Waals surface area contributed by atoms with Crippen LogP contribution in [0.2, 0.25) is 0 Å². The van der Waals surface area contributed by atoms with Crippen LogP contribution in [0.3, 0.4) is 0 Å². The molecule has 2 aromatic heterocycles. The number of primary amides is 1. The van der Waals surface area contributed by atoms with Crippen molar-refractivity contribution in [1.82, 2.24) is 14.5 Å². The highest BCUT2D eigenvalue weighted by Crippen LogP contribution is 2.35. The fraction of sp³-hybridized carbons (Fsp3) is 0.364. The lowest BCUT2D eigenvalue weighted by atomic mass is 10.1. The van der Waals surface area contributed by atoms with Crippen molar-refractivity contribution in [2.45, 2.75) is 31.2 Å². The number of rotatable bonds is 11. The lowest BCUT2D eigenvalue weighted by Gasteiger charge is -2.13. The normalized spacial score (nSPS) is 11.7. The van der Waals surface area contributed by atoms with Crippen LogP contribution in [0, 0.1) is 0 Å². The molecule has 0 fully saturated rings. The molecular formula is C22H23F3N4O5S. The molecule has 0 aliphatic carbocycles. The van der Waals surface area contributed by atoms with E-state index in [1.54, 1.807) is 17.7 Å². The van der Waals surface area contributed by atoms with Crippen LogP contribution in [0.4, 0.5) is 13.2 Å². The molecule has 0 atom stereocenters. The number of Topliss-reactive ketones (excluding diaryl/α,β-unsaturated/α-hetero) is 1. The van der Waals surface area contributed by atoms with Crippen LogP contribution in [0.25, 0.3) is 11.0 Å². The Balaban J connectivity index is 2.26. The molecule has 1 amide bonds. The molecule has 0 saturated carbocycles. The Morgan fingerprint density at radius 3 is 2.54 bits per heavy atom. The van der Waals surface area contributed by atoms with Crippen molar-refractivity contribution in [1.29, 1.82) is 0 Å². The molecule has 0 aliphatic heterocycles. The highest BCUT2D eigenvalue weighted by atomic mass is 32.2. The molecule has 2 heterocycles. The van der Waals surface area contributed by atoms with E-state index in [4.69, 9.17) is 15.4 Å². The standard InChI is InChI=1S/C22H23F3N4O5S/c1-4-14-15(17(30)18(26)31)16-19(27-21(35-3)28-20(16)33-8-9-34-32-2)29(14)11-12-6-5-7-13(10-12)22(23,24)25/h5-7,10H,4,8-9,11H2,1-3H3,(H2,26,31). The van der Waals surface area contributed by atoms with Crippen molar-refractivity contribution < 1.29 is 37.3 Å². The Morgan fingerprint density at radius 1 is 1.20 bits per heavy atom. The first kappa shape index (κ1) is 26.4. The van der Waals surface area contributed by atoms with Crippen molar-refractivity contribution in [2.75, 3.05) is 26.6 Å². The summed E-state index contributed by atoms with van der Waals surface area (Å²) in [5.74, 6) is -2.16. The van der Waals surface area contributed by atoms with Gasteiger partial charge in [-0.3, -0.25) is 9.59 Å². The quantitative estimate of drug-likeness (QED) is 0.0790. The van der Waals surface area contributed by atoms with Gasteiger partial charge in [0, 0.05) is 12.2 Å². The summed E-state index contributed by atoms with van der Waals surface area (Å²) in [5, 5.41) is 0.441. The number of fused-ring (bicyclic) bond motifs is 1. The number of ether oxygens (including phenoxy) is 1. The van der Waals surface area contributed by atoms with Crippen molar-refractivity contribution in [3.05, 3.63) is 46.6 Å².